The second kappa shape index (κ2) is 5.77. The Morgan fingerprint density at radius 1 is 1.14 bits per heavy atom. The minimum atomic E-state index is -1.60. The van der Waals surface area contributed by atoms with Crippen LogP contribution in [0.15, 0.2) is 30.3 Å². The summed E-state index contributed by atoms with van der Waals surface area (Å²) in [6, 6.07) is 12.6. The smallest absolute Gasteiger partial charge is 0.185 e. The summed E-state index contributed by atoms with van der Waals surface area (Å²) in [5.74, 6) is 0. The molecule has 0 spiro atoms. The van der Waals surface area contributed by atoms with Crippen LogP contribution in [0, 0.1) is 0 Å². The molecule has 0 bridgehead atoms. The van der Waals surface area contributed by atoms with E-state index in [4.69, 9.17) is 4.43 Å². The zero-order chi connectivity index (χ0) is 15.9. The minimum Gasteiger partial charge on any atom is -0.414 e. The molecule has 1 N–H and O–H groups in total. The standard InChI is InChI=1S/C16H31NOSi3/c1-14(15-11-9-8-10-12-15)17-19-20(4,5)13-16(2,3)18-21(19,6)7/h8-12,14,17,19H,13H2,1-7H3. The Kier molecular flexibility index (Phi) is 4.71. The van der Waals surface area contributed by atoms with E-state index < -0.39 is 23.4 Å². The molecule has 1 heterocycles. The summed E-state index contributed by atoms with van der Waals surface area (Å²) >= 11 is 0. The summed E-state index contributed by atoms with van der Waals surface area (Å²) in [7, 11) is -3.87. The van der Waals surface area contributed by atoms with Gasteiger partial charge in [0.1, 0.15) is 7.99 Å². The average molecular weight is 338 g/mol. The van der Waals surface area contributed by atoms with Crippen LogP contribution in [0.4, 0.5) is 0 Å². The third-order valence-corrected chi connectivity index (χ3v) is 35.4. The summed E-state index contributed by atoms with van der Waals surface area (Å²) in [4.78, 5) is 4.09. The van der Waals surface area contributed by atoms with Gasteiger partial charge in [0.25, 0.3) is 0 Å². The summed E-state index contributed by atoms with van der Waals surface area (Å²) in [6.07, 6.45) is 0. The lowest BCUT2D eigenvalue weighted by atomic mass is 10.1. The fourth-order valence-corrected chi connectivity index (χ4v) is 43.6. The molecule has 2 nitrogen and oxygen atoms in total. The van der Waals surface area contributed by atoms with Crippen molar-refractivity contribution >= 4 is 23.4 Å². The Balaban J connectivity index is 2.21. The quantitative estimate of drug-likeness (QED) is 0.844. The predicted molar refractivity (Wildman–Crippen MR) is 100 cm³/mol. The topological polar surface area (TPSA) is 21.3 Å². The molecule has 2 atom stereocenters. The van der Waals surface area contributed by atoms with Crippen LogP contribution in [-0.4, -0.2) is 29.0 Å². The molecule has 0 radical (unpaired) electrons. The van der Waals surface area contributed by atoms with Gasteiger partial charge in [0.2, 0.25) is 0 Å². The number of hydrogen-bond acceptors (Lipinski definition) is 2. The fraction of sp³-hybridized carbons (Fsp3) is 0.625. The Bertz CT molecular complexity index is 468. The van der Waals surface area contributed by atoms with Crippen LogP contribution in [0.1, 0.15) is 32.4 Å². The van der Waals surface area contributed by atoms with Gasteiger partial charge >= 0.3 is 0 Å². The molecule has 1 aromatic carbocycles. The molecule has 1 aliphatic heterocycles. The number of nitrogens with one attached hydrogen (secondary N) is 1. The van der Waals surface area contributed by atoms with E-state index in [-0.39, 0.29) is 5.60 Å². The van der Waals surface area contributed by atoms with Crippen molar-refractivity contribution in [1.29, 1.82) is 0 Å². The lowest BCUT2D eigenvalue weighted by molar-refractivity contribution is 0.122. The highest BCUT2D eigenvalue weighted by Gasteiger charge is 2.55. The van der Waals surface area contributed by atoms with Crippen molar-refractivity contribution in [2.45, 2.75) is 64.6 Å². The highest BCUT2D eigenvalue weighted by molar-refractivity contribution is 7.58. The lowest BCUT2D eigenvalue weighted by Crippen LogP contribution is -2.76. The summed E-state index contributed by atoms with van der Waals surface area (Å²) < 4.78 is 6.62. The van der Waals surface area contributed by atoms with Crippen molar-refractivity contribution in [2.75, 3.05) is 0 Å². The van der Waals surface area contributed by atoms with Gasteiger partial charge in [0.15, 0.2) is 7.83 Å². The highest BCUT2D eigenvalue weighted by atomic mass is 29.6. The molecule has 21 heavy (non-hydrogen) atoms. The maximum Gasteiger partial charge on any atom is 0.185 e. The summed E-state index contributed by atoms with van der Waals surface area (Å²) in [5, 5.41) is 0. The molecule has 1 fully saturated rings. The van der Waals surface area contributed by atoms with Crippen molar-refractivity contribution in [3.8, 4) is 0 Å². The second-order valence-corrected chi connectivity index (χ2v) is 31.4. The van der Waals surface area contributed by atoms with E-state index in [1.807, 2.05) is 0 Å². The van der Waals surface area contributed by atoms with Crippen LogP contribution >= 0.6 is 0 Å². The van der Waals surface area contributed by atoms with E-state index in [2.05, 4.69) is 82.3 Å². The fourth-order valence-electron chi connectivity index (χ4n) is 4.46. The molecule has 1 aromatic rings. The van der Waals surface area contributed by atoms with Crippen LogP contribution in [0.5, 0.6) is 0 Å². The molecule has 5 heteroatoms. The number of benzene rings is 1. The van der Waals surface area contributed by atoms with E-state index >= 15 is 0 Å². The number of rotatable bonds is 3. The molecular weight excluding hydrogens is 306 g/mol. The predicted octanol–water partition coefficient (Wildman–Crippen LogP) is 3.94. The Labute approximate surface area is 133 Å². The van der Waals surface area contributed by atoms with Crippen molar-refractivity contribution in [3.05, 3.63) is 35.9 Å². The molecule has 0 aliphatic carbocycles. The molecular formula is C16H31NOSi3. The monoisotopic (exact) mass is 337 g/mol. The van der Waals surface area contributed by atoms with Gasteiger partial charge in [-0.1, -0.05) is 43.4 Å². The van der Waals surface area contributed by atoms with Gasteiger partial charge < -0.3 is 9.41 Å². The molecule has 2 unspecified atom stereocenters. The summed E-state index contributed by atoms with van der Waals surface area (Å²) in [6.45, 7) is 17.0. The van der Waals surface area contributed by atoms with Gasteiger partial charge in [-0.25, -0.2) is 0 Å². The average Bonchev–Trinajstić information content (AvgIpc) is 2.32. The molecule has 0 aromatic heterocycles. The van der Waals surface area contributed by atoms with E-state index in [1.165, 1.54) is 11.6 Å². The Morgan fingerprint density at radius 2 is 1.71 bits per heavy atom. The maximum atomic E-state index is 6.62. The van der Waals surface area contributed by atoms with E-state index in [0.717, 1.165) is 0 Å². The third-order valence-electron chi connectivity index (χ3n) is 4.61. The van der Waals surface area contributed by atoms with Gasteiger partial charge in [0.05, 0.1) is 7.59 Å². The largest absolute Gasteiger partial charge is 0.414 e. The minimum absolute atomic E-state index is 0.0899. The van der Waals surface area contributed by atoms with Gasteiger partial charge in [0, 0.05) is 11.6 Å². The summed E-state index contributed by atoms with van der Waals surface area (Å²) in [5.41, 5.74) is 1.50. The molecule has 0 saturated carbocycles. The van der Waals surface area contributed by atoms with E-state index in [1.54, 1.807) is 0 Å². The zero-order valence-corrected chi connectivity index (χ0v) is 17.8. The second-order valence-electron chi connectivity index (χ2n) is 8.36. The van der Waals surface area contributed by atoms with Gasteiger partial charge in [-0.3, -0.25) is 0 Å². The van der Waals surface area contributed by atoms with Gasteiger partial charge in [-0.05, 0) is 45.5 Å². The van der Waals surface area contributed by atoms with Crippen LogP contribution in [0.25, 0.3) is 0 Å². The first kappa shape index (κ1) is 17.1. The van der Waals surface area contributed by atoms with Crippen molar-refractivity contribution in [2.24, 2.45) is 0 Å². The molecule has 2 rings (SSSR count). The maximum absolute atomic E-state index is 6.62. The first-order chi connectivity index (χ1) is 9.54. The van der Waals surface area contributed by atoms with Gasteiger partial charge in [-0.15, -0.1) is 0 Å². The van der Waals surface area contributed by atoms with Crippen LogP contribution in [0.3, 0.4) is 0 Å². The molecule has 0 amide bonds. The number of hydrogen-bond donors (Lipinski definition) is 1. The van der Waals surface area contributed by atoms with Crippen LogP contribution in [-0.2, 0) is 4.43 Å². The SMILES string of the molecule is CC(N[SiH]1[Si](C)(C)CC(C)(C)O[Si]1(C)C)c1ccccc1. The van der Waals surface area contributed by atoms with Crippen LogP contribution in [0.2, 0.25) is 32.2 Å². The lowest BCUT2D eigenvalue weighted by Gasteiger charge is -2.53. The first-order valence-corrected chi connectivity index (χ1v) is 18.4. The van der Waals surface area contributed by atoms with E-state index in [9.17, 15) is 0 Å². The van der Waals surface area contributed by atoms with E-state index in [0.29, 0.717) is 6.04 Å². The molecule has 1 aliphatic rings. The van der Waals surface area contributed by atoms with Crippen molar-refractivity contribution < 1.29 is 4.43 Å². The zero-order valence-electron chi connectivity index (χ0n) is 14.7. The van der Waals surface area contributed by atoms with Crippen LogP contribution < -0.4 is 4.98 Å². The first-order valence-electron chi connectivity index (χ1n) is 8.05. The normalized spacial score (nSPS) is 28.0. The Hall–Kier alpha value is -0.209. The third kappa shape index (κ3) is 3.96. The van der Waals surface area contributed by atoms with Crippen molar-refractivity contribution in [3.63, 3.8) is 0 Å². The molecule has 1 saturated heterocycles. The Morgan fingerprint density at radius 3 is 2.24 bits per heavy atom. The highest BCUT2D eigenvalue weighted by Crippen LogP contribution is 2.37. The van der Waals surface area contributed by atoms with Gasteiger partial charge in [-0.2, -0.15) is 0 Å². The molecule has 118 valence electrons. The van der Waals surface area contributed by atoms with Crippen molar-refractivity contribution in [1.82, 2.24) is 4.98 Å².